The fourth-order valence-corrected chi connectivity index (χ4v) is 2.50. The summed E-state index contributed by atoms with van der Waals surface area (Å²) in [5.41, 5.74) is 3.25. The van der Waals surface area contributed by atoms with Gasteiger partial charge in [-0.25, -0.2) is 0 Å². The van der Waals surface area contributed by atoms with E-state index < -0.39 is 0 Å². The summed E-state index contributed by atoms with van der Waals surface area (Å²) < 4.78 is 0. The molecule has 1 aromatic carbocycles. The third kappa shape index (κ3) is 3.83. The van der Waals surface area contributed by atoms with Gasteiger partial charge in [-0.15, -0.1) is 0 Å². The summed E-state index contributed by atoms with van der Waals surface area (Å²) in [7, 11) is 0. The molecule has 2 N–H and O–H groups in total. The number of anilines is 1. The lowest BCUT2D eigenvalue weighted by Gasteiger charge is -2.09. The first-order chi connectivity index (χ1) is 12.0. The van der Waals surface area contributed by atoms with Crippen molar-refractivity contribution in [3.8, 4) is 11.1 Å². The van der Waals surface area contributed by atoms with Crippen molar-refractivity contribution in [1.82, 2.24) is 9.97 Å². The summed E-state index contributed by atoms with van der Waals surface area (Å²) in [6.45, 7) is 4.19. The maximum Gasteiger partial charge on any atom is 0.271 e. The molecule has 0 radical (unpaired) electrons. The molecule has 25 heavy (non-hydrogen) atoms. The molecule has 3 rings (SSSR count). The molecule has 2 aromatic heterocycles. The molecule has 126 valence electrons. The molecule has 0 aliphatic heterocycles. The molecule has 0 aliphatic carbocycles. The van der Waals surface area contributed by atoms with Crippen molar-refractivity contribution in [2.24, 2.45) is 0 Å². The quantitative estimate of drug-likeness (QED) is 0.762. The normalized spacial score (nSPS) is 10.7. The zero-order valence-corrected chi connectivity index (χ0v) is 14.1. The Bertz CT molecular complexity index is 929. The smallest absolute Gasteiger partial charge is 0.271 e. The van der Waals surface area contributed by atoms with Gasteiger partial charge in [0.25, 0.3) is 11.5 Å². The number of benzene rings is 1. The van der Waals surface area contributed by atoms with Crippen LogP contribution in [0.15, 0.2) is 65.8 Å². The van der Waals surface area contributed by atoms with Crippen molar-refractivity contribution in [3.63, 3.8) is 0 Å². The third-order valence-electron chi connectivity index (χ3n) is 4.00. The second-order valence-electron chi connectivity index (χ2n) is 6.10. The molecule has 0 saturated carbocycles. The van der Waals surface area contributed by atoms with E-state index in [4.69, 9.17) is 0 Å². The van der Waals surface area contributed by atoms with Crippen molar-refractivity contribution in [3.05, 3.63) is 82.5 Å². The fraction of sp³-hybridized carbons (Fsp3) is 0.150. The summed E-state index contributed by atoms with van der Waals surface area (Å²) >= 11 is 0. The van der Waals surface area contributed by atoms with E-state index in [-0.39, 0.29) is 17.2 Å². The number of carbonyl (C=O) groups is 1. The summed E-state index contributed by atoms with van der Waals surface area (Å²) in [4.78, 5) is 31.1. The Hall–Kier alpha value is -3.21. The minimum absolute atomic E-state index is 0.215. The van der Waals surface area contributed by atoms with Gasteiger partial charge in [0.2, 0.25) is 0 Å². The highest BCUT2D eigenvalue weighted by molar-refractivity contribution is 6.04. The van der Waals surface area contributed by atoms with Crippen LogP contribution in [0.4, 0.5) is 5.69 Å². The van der Waals surface area contributed by atoms with Gasteiger partial charge in [0.15, 0.2) is 0 Å². The number of aromatic amines is 1. The number of aromatic nitrogens is 2. The summed E-state index contributed by atoms with van der Waals surface area (Å²) in [6.07, 6.45) is 4.97. The van der Waals surface area contributed by atoms with E-state index in [1.807, 2.05) is 24.3 Å². The Morgan fingerprint density at radius 1 is 1.04 bits per heavy atom. The zero-order chi connectivity index (χ0) is 17.8. The molecule has 0 atom stereocenters. The van der Waals surface area contributed by atoms with Crippen LogP contribution >= 0.6 is 0 Å². The number of carbonyl (C=O) groups excluding carboxylic acids is 1. The number of rotatable bonds is 4. The van der Waals surface area contributed by atoms with Crippen LogP contribution in [0.5, 0.6) is 0 Å². The van der Waals surface area contributed by atoms with E-state index >= 15 is 0 Å². The number of pyridine rings is 2. The molecule has 3 aromatic rings. The maximum absolute atomic E-state index is 12.4. The van der Waals surface area contributed by atoms with Crippen molar-refractivity contribution >= 4 is 11.6 Å². The maximum atomic E-state index is 12.4. The lowest BCUT2D eigenvalue weighted by Crippen LogP contribution is -2.19. The van der Waals surface area contributed by atoms with Gasteiger partial charge in [0, 0.05) is 29.7 Å². The Morgan fingerprint density at radius 2 is 1.72 bits per heavy atom. The number of hydrogen-bond acceptors (Lipinski definition) is 3. The van der Waals surface area contributed by atoms with Gasteiger partial charge in [0.05, 0.1) is 0 Å². The number of H-pyrrole nitrogens is 1. The molecule has 0 saturated heterocycles. The topological polar surface area (TPSA) is 74.8 Å². The number of nitrogens with zero attached hydrogens (tertiary/aromatic N) is 1. The largest absolute Gasteiger partial charge is 0.327 e. The van der Waals surface area contributed by atoms with Crippen LogP contribution in [0.1, 0.15) is 35.7 Å². The molecule has 0 bridgehead atoms. The molecular weight excluding hydrogens is 314 g/mol. The van der Waals surface area contributed by atoms with Gasteiger partial charge in [-0.1, -0.05) is 26.0 Å². The van der Waals surface area contributed by atoms with Crippen molar-refractivity contribution < 1.29 is 4.79 Å². The Balaban J connectivity index is 1.84. The Kier molecular flexibility index (Phi) is 4.75. The van der Waals surface area contributed by atoms with E-state index in [9.17, 15) is 9.59 Å². The van der Waals surface area contributed by atoms with E-state index in [0.717, 1.165) is 16.7 Å². The number of amides is 1. The van der Waals surface area contributed by atoms with Crippen LogP contribution in [0.3, 0.4) is 0 Å². The van der Waals surface area contributed by atoms with Gasteiger partial charge in [-0.05, 0) is 47.4 Å². The molecule has 0 spiro atoms. The van der Waals surface area contributed by atoms with Crippen molar-refractivity contribution in [2.45, 2.75) is 19.8 Å². The van der Waals surface area contributed by atoms with Crippen molar-refractivity contribution in [2.75, 3.05) is 5.32 Å². The third-order valence-corrected chi connectivity index (χ3v) is 4.00. The molecule has 5 heteroatoms. The minimum atomic E-state index is -0.343. The van der Waals surface area contributed by atoms with Gasteiger partial charge < -0.3 is 10.3 Å². The predicted molar refractivity (Wildman–Crippen MR) is 98.8 cm³/mol. The van der Waals surface area contributed by atoms with Crippen molar-refractivity contribution in [1.29, 1.82) is 0 Å². The lowest BCUT2D eigenvalue weighted by atomic mass is 10.0. The monoisotopic (exact) mass is 333 g/mol. The zero-order valence-electron chi connectivity index (χ0n) is 14.1. The van der Waals surface area contributed by atoms with Gasteiger partial charge in [-0.2, -0.15) is 0 Å². The van der Waals surface area contributed by atoms with Gasteiger partial charge in [-0.3, -0.25) is 14.6 Å². The standard InChI is InChI=1S/C20H19N3O2/c1-13(2)14-3-5-16(6-4-14)19(24)23-18-11-17(12-22-20(18)25)15-7-9-21-10-8-15/h3-13H,1-2H3,(H,22,25)(H,23,24). The molecule has 2 heterocycles. The predicted octanol–water partition coefficient (Wildman–Crippen LogP) is 3.81. The highest BCUT2D eigenvalue weighted by Gasteiger charge is 2.10. The first-order valence-corrected chi connectivity index (χ1v) is 8.09. The average Bonchev–Trinajstić information content (AvgIpc) is 2.64. The molecule has 5 nitrogen and oxygen atoms in total. The van der Waals surface area contributed by atoms with E-state index in [2.05, 4.69) is 29.1 Å². The molecule has 0 fully saturated rings. The molecular formula is C20H19N3O2. The molecule has 0 unspecified atom stereocenters. The van der Waals surface area contributed by atoms with E-state index in [0.29, 0.717) is 11.5 Å². The first kappa shape index (κ1) is 16.6. The summed E-state index contributed by atoms with van der Waals surface area (Å²) in [5, 5.41) is 2.69. The fourth-order valence-electron chi connectivity index (χ4n) is 2.50. The van der Waals surface area contributed by atoms with E-state index in [1.54, 1.807) is 36.8 Å². The molecule has 1 amide bonds. The summed E-state index contributed by atoms with van der Waals surface area (Å²) in [5.74, 6) is 0.0877. The average molecular weight is 333 g/mol. The first-order valence-electron chi connectivity index (χ1n) is 8.09. The van der Waals surface area contributed by atoms with Crippen LogP contribution < -0.4 is 10.9 Å². The Morgan fingerprint density at radius 3 is 2.36 bits per heavy atom. The van der Waals surface area contributed by atoms with Crippen LogP contribution in [0.2, 0.25) is 0 Å². The van der Waals surface area contributed by atoms with E-state index in [1.165, 1.54) is 0 Å². The second-order valence-corrected chi connectivity index (χ2v) is 6.10. The van der Waals surface area contributed by atoms with Crippen LogP contribution in [0.25, 0.3) is 11.1 Å². The van der Waals surface area contributed by atoms with Crippen LogP contribution in [-0.4, -0.2) is 15.9 Å². The highest BCUT2D eigenvalue weighted by Crippen LogP contribution is 2.19. The second kappa shape index (κ2) is 7.13. The molecule has 0 aliphatic rings. The van der Waals surface area contributed by atoms with Crippen LogP contribution in [0, 0.1) is 0 Å². The Labute approximate surface area is 145 Å². The number of hydrogen-bond donors (Lipinski definition) is 2. The van der Waals surface area contributed by atoms with Gasteiger partial charge >= 0.3 is 0 Å². The summed E-state index contributed by atoms with van der Waals surface area (Å²) in [6, 6.07) is 12.7. The van der Waals surface area contributed by atoms with Gasteiger partial charge in [0.1, 0.15) is 5.69 Å². The minimum Gasteiger partial charge on any atom is -0.327 e. The SMILES string of the molecule is CC(C)c1ccc(C(=O)Nc2cc(-c3ccncc3)c[nH]c2=O)cc1. The number of nitrogens with one attached hydrogen (secondary N) is 2. The highest BCUT2D eigenvalue weighted by atomic mass is 16.2. The lowest BCUT2D eigenvalue weighted by molar-refractivity contribution is 0.102. The van der Waals surface area contributed by atoms with Crippen LogP contribution in [-0.2, 0) is 0 Å².